The van der Waals surface area contributed by atoms with E-state index in [1.165, 1.54) is 6.42 Å². The average Bonchev–Trinajstić information content (AvgIpc) is 2.73. The molecule has 0 spiro atoms. The molecule has 1 fully saturated rings. The summed E-state index contributed by atoms with van der Waals surface area (Å²) in [5.41, 5.74) is 0. The minimum Gasteiger partial charge on any atom is -0.357 e. The van der Waals surface area contributed by atoms with E-state index < -0.39 is 0 Å². The summed E-state index contributed by atoms with van der Waals surface area (Å²) in [5, 5.41) is 6.73. The predicted octanol–water partition coefficient (Wildman–Crippen LogP) is 3.12. The SMILES string of the molecule is CCNC(=NCCC(=O)N1CCN(c2ccccn2)CC1)NC(C)CCC(C)C.I. The Morgan fingerprint density at radius 3 is 2.50 bits per heavy atom. The monoisotopic (exact) mass is 530 g/mol. The van der Waals surface area contributed by atoms with Crippen LogP contribution in [0.4, 0.5) is 5.82 Å². The van der Waals surface area contributed by atoms with Crippen molar-refractivity contribution in [3.63, 3.8) is 0 Å². The fourth-order valence-corrected chi connectivity index (χ4v) is 3.36. The standard InChI is InChI=1S/C22H38N6O.HI/c1-5-23-22(26-19(4)10-9-18(2)3)25-13-11-21(29)28-16-14-27(15-17-28)20-8-6-7-12-24-20;/h6-8,12,18-19H,5,9-11,13-17H2,1-4H3,(H2,23,25,26);1H. The van der Waals surface area contributed by atoms with Crippen molar-refractivity contribution in [1.82, 2.24) is 20.5 Å². The van der Waals surface area contributed by atoms with Crippen LogP contribution in [0, 0.1) is 5.92 Å². The van der Waals surface area contributed by atoms with Gasteiger partial charge >= 0.3 is 0 Å². The van der Waals surface area contributed by atoms with Gasteiger partial charge in [-0.2, -0.15) is 0 Å². The van der Waals surface area contributed by atoms with Crippen LogP contribution >= 0.6 is 24.0 Å². The third kappa shape index (κ3) is 9.49. The number of hydrogen-bond acceptors (Lipinski definition) is 4. The second kappa shape index (κ2) is 14.4. The van der Waals surface area contributed by atoms with Gasteiger partial charge in [0.15, 0.2) is 5.96 Å². The van der Waals surface area contributed by atoms with Gasteiger partial charge in [0.1, 0.15) is 5.82 Å². The van der Waals surface area contributed by atoms with Crippen LogP contribution in [0.5, 0.6) is 0 Å². The van der Waals surface area contributed by atoms with Crippen LogP contribution in [0.15, 0.2) is 29.4 Å². The normalized spacial score (nSPS) is 15.6. The molecule has 1 aromatic heterocycles. The Bertz CT molecular complexity index is 632. The lowest BCUT2D eigenvalue weighted by Crippen LogP contribution is -2.49. The molecule has 2 rings (SSSR count). The van der Waals surface area contributed by atoms with Crippen molar-refractivity contribution < 1.29 is 4.79 Å². The Labute approximate surface area is 199 Å². The fraction of sp³-hybridized carbons (Fsp3) is 0.682. The Morgan fingerprint density at radius 2 is 1.90 bits per heavy atom. The van der Waals surface area contributed by atoms with Gasteiger partial charge in [-0.25, -0.2) is 4.98 Å². The minimum absolute atomic E-state index is 0. The quantitative estimate of drug-likeness (QED) is 0.292. The van der Waals surface area contributed by atoms with Gasteiger partial charge in [0.2, 0.25) is 5.91 Å². The summed E-state index contributed by atoms with van der Waals surface area (Å²) in [6.45, 7) is 13.2. The van der Waals surface area contributed by atoms with Crippen molar-refractivity contribution in [2.24, 2.45) is 10.9 Å². The maximum Gasteiger partial charge on any atom is 0.224 e. The molecular weight excluding hydrogens is 491 g/mol. The number of piperazine rings is 1. The molecule has 0 bridgehead atoms. The van der Waals surface area contributed by atoms with Gasteiger partial charge in [-0.15, -0.1) is 24.0 Å². The van der Waals surface area contributed by atoms with Crippen LogP contribution in [-0.4, -0.2) is 67.1 Å². The van der Waals surface area contributed by atoms with Gasteiger partial charge in [0, 0.05) is 51.4 Å². The summed E-state index contributed by atoms with van der Waals surface area (Å²) in [7, 11) is 0. The molecule has 2 N–H and O–H groups in total. The Balaban J connectivity index is 0.00000450. The largest absolute Gasteiger partial charge is 0.357 e. The molecule has 2 heterocycles. The Kier molecular flexibility index (Phi) is 12.7. The van der Waals surface area contributed by atoms with Gasteiger partial charge in [-0.05, 0) is 44.7 Å². The first kappa shape index (κ1) is 26.5. The molecule has 30 heavy (non-hydrogen) atoms. The second-order valence-corrected chi connectivity index (χ2v) is 8.08. The number of amides is 1. The van der Waals surface area contributed by atoms with E-state index in [1.807, 2.05) is 29.3 Å². The summed E-state index contributed by atoms with van der Waals surface area (Å²) in [6, 6.07) is 6.30. The number of carbonyl (C=O) groups excluding carboxylic acids is 1. The van der Waals surface area contributed by atoms with E-state index in [2.05, 4.69) is 53.2 Å². The maximum absolute atomic E-state index is 12.6. The lowest BCUT2D eigenvalue weighted by Gasteiger charge is -2.35. The topological polar surface area (TPSA) is 72.9 Å². The van der Waals surface area contributed by atoms with Gasteiger partial charge in [0.25, 0.3) is 0 Å². The minimum atomic E-state index is 0. The van der Waals surface area contributed by atoms with Crippen molar-refractivity contribution in [3.05, 3.63) is 24.4 Å². The van der Waals surface area contributed by atoms with Crippen LogP contribution in [-0.2, 0) is 4.79 Å². The molecule has 170 valence electrons. The molecule has 0 saturated carbocycles. The molecule has 1 unspecified atom stereocenters. The Hall–Kier alpha value is -1.58. The lowest BCUT2D eigenvalue weighted by molar-refractivity contribution is -0.131. The number of aliphatic imine (C=N–C) groups is 1. The van der Waals surface area contributed by atoms with Gasteiger partial charge in [-0.3, -0.25) is 9.79 Å². The van der Waals surface area contributed by atoms with E-state index in [1.54, 1.807) is 0 Å². The Morgan fingerprint density at radius 1 is 1.17 bits per heavy atom. The summed E-state index contributed by atoms with van der Waals surface area (Å²) in [6.07, 6.45) is 4.56. The highest BCUT2D eigenvalue weighted by Crippen LogP contribution is 2.13. The first-order valence-electron chi connectivity index (χ1n) is 11.0. The van der Waals surface area contributed by atoms with Crippen LogP contribution in [0.25, 0.3) is 0 Å². The highest BCUT2D eigenvalue weighted by molar-refractivity contribution is 14.0. The number of nitrogens with zero attached hydrogens (tertiary/aromatic N) is 4. The first-order valence-corrected chi connectivity index (χ1v) is 11.0. The summed E-state index contributed by atoms with van der Waals surface area (Å²) < 4.78 is 0. The summed E-state index contributed by atoms with van der Waals surface area (Å²) in [5.74, 6) is 2.67. The molecule has 1 aliphatic rings. The number of aromatic nitrogens is 1. The average molecular weight is 530 g/mol. The number of carbonyl (C=O) groups is 1. The number of halogens is 1. The third-order valence-electron chi connectivity index (χ3n) is 5.11. The molecular formula is C22H39IN6O. The molecule has 0 aliphatic carbocycles. The van der Waals surface area contributed by atoms with Crippen LogP contribution in [0.3, 0.4) is 0 Å². The zero-order chi connectivity index (χ0) is 21.1. The summed E-state index contributed by atoms with van der Waals surface area (Å²) >= 11 is 0. The van der Waals surface area contributed by atoms with E-state index in [9.17, 15) is 4.79 Å². The maximum atomic E-state index is 12.6. The van der Waals surface area contributed by atoms with E-state index in [0.717, 1.165) is 50.9 Å². The van der Waals surface area contributed by atoms with Crippen molar-refractivity contribution in [2.45, 2.75) is 53.0 Å². The second-order valence-electron chi connectivity index (χ2n) is 8.08. The molecule has 0 aromatic carbocycles. The lowest BCUT2D eigenvalue weighted by atomic mass is 10.0. The molecule has 0 radical (unpaired) electrons. The number of pyridine rings is 1. The van der Waals surface area contributed by atoms with E-state index >= 15 is 0 Å². The van der Waals surface area contributed by atoms with Gasteiger partial charge < -0.3 is 20.4 Å². The first-order chi connectivity index (χ1) is 14.0. The van der Waals surface area contributed by atoms with E-state index in [-0.39, 0.29) is 29.9 Å². The smallest absolute Gasteiger partial charge is 0.224 e. The summed E-state index contributed by atoms with van der Waals surface area (Å²) in [4.78, 5) is 25.7. The fourth-order valence-electron chi connectivity index (χ4n) is 3.36. The van der Waals surface area contributed by atoms with Crippen molar-refractivity contribution in [3.8, 4) is 0 Å². The van der Waals surface area contributed by atoms with Crippen LogP contribution < -0.4 is 15.5 Å². The van der Waals surface area contributed by atoms with Crippen molar-refractivity contribution >= 4 is 41.7 Å². The predicted molar refractivity (Wildman–Crippen MR) is 136 cm³/mol. The number of hydrogen-bond donors (Lipinski definition) is 2. The number of rotatable bonds is 9. The van der Waals surface area contributed by atoms with Gasteiger partial charge in [0.05, 0.1) is 6.54 Å². The molecule has 8 heteroatoms. The van der Waals surface area contributed by atoms with Crippen molar-refractivity contribution in [2.75, 3.05) is 44.2 Å². The third-order valence-corrected chi connectivity index (χ3v) is 5.11. The number of nitrogens with one attached hydrogen (secondary N) is 2. The van der Waals surface area contributed by atoms with E-state index in [4.69, 9.17) is 0 Å². The molecule has 1 aromatic rings. The van der Waals surface area contributed by atoms with E-state index in [0.29, 0.717) is 24.9 Å². The highest BCUT2D eigenvalue weighted by atomic mass is 127. The molecule has 1 saturated heterocycles. The van der Waals surface area contributed by atoms with Crippen LogP contribution in [0.2, 0.25) is 0 Å². The van der Waals surface area contributed by atoms with Gasteiger partial charge in [-0.1, -0.05) is 19.9 Å². The molecule has 7 nitrogen and oxygen atoms in total. The van der Waals surface area contributed by atoms with Crippen LogP contribution in [0.1, 0.15) is 47.0 Å². The number of guanidine groups is 1. The zero-order valence-corrected chi connectivity index (χ0v) is 21.3. The molecule has 1 amide bonds. The highest BCUT2D eigenvalue weighted by Gasteiger charge is 2.21. The zero-order valence-electron chi connectivity index (χ0n) is 18.9. The number of anilines is 1. The van der Waals surface area contributed by atoms with Crippen molar-refractivity contribution in [1.29, 1.82) is 0 Å². The molecule has 1 aliphatic heterocycles. The molecule has 1 atom stereocenters.